The fourth-order valence-electron chi connectivity index (χ4n) is 4.57. The third kappa shape index (κ3) is 3.69. The van der Waals surface area contributed by atoms with Gasteiger partial charge < -0.3 is 9.80 Å². The number of hydrogen-bond donors (Lipinski definition) is 0. The normalized spacial score (nSPS) is 11.1. The van der Waals surface area contributed by atoms with Gasteiger partial charge in [0.05, 0.1) is 0 Å². The number of nitrogens with zero attached hydrogens (tertiary/aromatic N) is 2. The molecule has 2 heteroatoms. The Morgan fingerprint density at radius 3 is 1.44 bits per heavy atom. The van der Waals surface area contributed by atoms with Crippen LogP contribution in [0.2, 0.25) is 0 Å². The van der Waals surface area contributed by atoms with Crippen molar-refractivity contribution < 1.29 is 0 Å². The molecular formula is C30H28N2. The van der Waals surface area contributed by atoms with E-state index < -0.39 is 0 Å². The zero-order chi connectivity index (χ0) is 21.9. The van der Waals surface area contributed by atoms with Crippen molar-refractivity contribution in [2.45, 2.75) is 13.8 Å². The van der Waals surface area contributed by atoms with Gasteiger partial charge in [-0.1, -0.05) is 60.7 Å². The van der Waals surface area contributed by atoms with Crippen molar-refractivity contribution >= 4 is 44.3 Å². The Hall–Kier alpha value is -3.78. The van der Waals surface area contributed by atoms with Crippen LogP contribution in [0.25, 0.3) is 21.5 Å². The summed E-state index contributed by atoms with van der Waals surface area (Å²) in [4.78, 5) is 4.71. The van der Waals surface area contributed by atoms with E-state index in [1.54, 1.807) is 0 Å². The number of hydrogen-bond acceptors (Lipinski definition) is 2. The highest BCUT2D eigenvalue weighted by Gasteiger charge is 2.13. The van der Waals surface area contributed by atoms with Crippen LogP contribution >= 0.6 is 0 Å². The molecule has 0 heterocycles. The average molecular weight is 417 g/mol. The molecule has 0 aliphatic carbocycles. The Bertz CT molecular complexity index is 1300. The first-order valence-corrected chi connectivity index (χ1v) is 11.4. The standard InChI is InChI=1S/C30H28N2/c1-3-31(4-2)27-17-19-29-23(21-27)15-16-24-22-28(18-20-30(24)29)32(25-11-7-5-8-12-25)26-13-9-6-10-14-26/h5-22H,3-4H2,1-2H3. The smallest absolute Gasteiger partial charge is 0.0468 e. The highest BCUT2D eigenvalue weighted by atomic mass is 15.1. The minimum atomic E-state index is 1.02. The summed E-state index contributed by atoms with van der Waals surface area (Å²) >= 11 is 0. The lowest BCUT2D eigenvalue weighted by atomic mass is 10.00. The van der Waals surface area contributed by atoms with Gasteiger partial charge in [-0.05, 0) is 83.9 Å². The van der Waals surface area contributed by atoms with Crippen molar-refractivity contribution in [2.75, 3.05) is 22.9 Å². The van der Waals surface area contributed by atoms with E-state index in [0.717, 1.165) is 30.2 Å². The third-order valence-corrected chi connectivity index (χ3v) is 6.22. The number of fused-ring (bicyclic) bond motifs is 3. The molecule has 0 spiro atoms. The summed E-state index contributed by atoms with van der Waals surface area (Å²) < 4.78 is 0. The van der Waals surface area contributed by atoms with Crippen LogP contribution in [-0.4, -0.2) is 13.1 Å². The number of anilines is 4. The van der Waals surface area contributed by atoms with Crippen molar-refractivity contribution in [3.05, 3.63) is 109 Å². The summed E-state index contributed by atoms with van der Waals surface area (Å²) in [7, 11) is 0. The Morgan fingerprint density at radius 2 is 0.938 bits per heavy atom. The molecule has 0 aliphatic heterocycles. The van der Waals surface area contributed by atoms with E-state index >= 15 is 0 Å². The Balaban J connectivity index is 1.63. The third-order valence-electron chi connectivity index (χ3n) is 6.22. The van der Waals surface area contributed by atoms with Crippen LogP contribution in [0, 0.1) is 0 Å². The monoisotopic (exact) mass is 416 g/mol. The largest absolute Gasteiger partial charge is 0.372 e. The lowest BCUT2D eigenvalue weighted by molar-refractivity contribution is 0.867. The van der Waals surface area contributed by atoms with E-state index in [0.29, 0.717) is 0 Å². The van der Waals surface area contributed by atoms with Gasteiger partial charge in [0.2, 0.25) is 0 Å². The molecule has 158 valence electrons. The van der Waals surface area contributed by atoms with Crippen molar-refractivity contribution in [1.82, 2.24) is 0 Å². The van der Waals surface area contributed by atoms with Crippen molar-refractivity contribution in [1.29, 1.82) is 0 Å². The van der Waals surface area contributed by atoms with Gasteiger partial charge in [-0.3, -0.25) is 0 Å². The first kappa shape index (κ1) is 20.1. The van der Waals surface area contributed by atoms with Gasteiger partial charge >= 0.3 is 0 Å². The maximum Gasteiger partial charge on any atom is 0.0468 e. The molecule has 0 aliphatic rings. The molecule has 0 unspecified atom stereocenters. The minimum absolute atomic E-state index is 1.02. The Morgan fingerprint density at radius 1 is 0.469 bits per heavy atom. The van der Waals surface area contributed by atoms with E-state index in [4.69, 9.17) is 0 Å². The molecule has 5 aromatic rings. The van der Waals surface area contributed by atoms with Crippen LogP contribution in [0.5, 0.6) is 0 Å². The first-order chi connectivity index (χ1) is 15.8. The molecule has 5 rings (SSSR count). The summed E-state index contributed by atoms with van der Waals surface area (Å²) in [6, 6.07) is 39.3. The van der Waals surface area contributed by atoms with Crippen LogP contribution in [0.15, 0.2) is 109 Å². The number of para-hydroxylation sites is 2. The molecular weight excluding hydrogens is 388 g/mol. The van der Waals surface area contributed by atoms with Gasteiger partial charge in [-0.2, -0.15) is 0 Å². The molecule has 0 radical (unpaired) electrons. The van der Waals surface area contributed by atoms with E-state index in [1.807, 2.05) is 0 Å². The van der Waals surface area contributed by atoms with Crippen molar-refractivity contribution in [3.8, 4) is 0 Å². The molecule has 0 N–H and O–H groups in total. The van der Waals surface area contributed by atoms with E-state index in [2.05, 4.69) is 133 Å². The molecule has 0 amide bonds. The molecule has 0 saturated heterocycles. The molecule has 2 nitrogen and oxygen atoms in total. The van der Waals surface area contributed by atoms with Gasteiger partial charge in [0.1, 0.15) is 0 Å². The van der Waals surface area contributed by atoms with E-state index in [1.165, 1.54) is 27.2 Å². The van der Waals surface area contributed by atoms with Gasteiger partial charge in [-0.15, -0.1) is 0 Å². The SMILES string of the molecule is CCN(CC)c1ccc2c(ccc3cc(N(c4ccccc4)c4ccccc4)ccc32)c1. The summed E-state index contributed by atoms with van der Waals surface area (Å²) in [5.41, 5.74) is 4.76. The predicted molar refractivity (Wildman–Crippen MR) is 140 cm³/mol. The average Bonchev–Trinajstić information content (AvgIpc) is 2.86. The fourth-order valence-corrected chi connectivity index (χ4v) is 4.57. The molecule has 0 atom stereocenters. The van der Waals surface area contributed by atoms with Gasteiger partial charge in [0, 0.05) is 35.8 Å². The highest BCUT2D eigenvalue weighted by molar-refractivity contribution is 6.09. The van der Waals surface area contributed by atoms with Gasteiger partial charge in [0.25, 0.3) is 0 Å². The molecule has 0 saturated carbocycles. The van der Waals surface area contributed by atoms with Crippen LogP contribution in [0.1, 0.15) is 13.8 Å². The van der Waals surface area contributed by atoms with Crippen molar-refractivity contribution in [3.63, 3.8) is 0 Å². The summed E-state index contributed by atoms with van der Waals surface area (Å²) in [5, 5.41) is 5.13. The number of rotatable bonds is 6. The summed E-state index contributed by atoms with van der Waals surface area (Å²) in [6.07, 6.45) is 0. The molecule has 32 heavy (non-hydrogen) atoms. The summed E-state index contributed by atoms with van der Waals surface area (Å²) in [5.74, 6) is 0. The van der Waals surface area contributed by atoms with E-state index in [-0.39, 0.29) is 0 Å². The molecule has 0 bridgehead atoms. The fraction of sp³-hybridized carbons (Fsp3) is 0.133. The highest BCUT2D eigenvalue weighted by Crippen LogP contribution is 2.37. The zero-order valence-corrected chi connectivity index (χ0v) is 18.7. The molecule has 0 aromatic heterocycles. The van der Waals surface area contributed by atoms with Crippen molar-refractivity contribution in [2.24, 2.45) is 0 Å². The second kappa shape index (κ2) is 8.76. The Kier molecular flexibility index (Phi) is 5.51. The van der Waals surface area contributed by atoms with E-state index in [9.17, 15) is 0 Å². The van der Waals surface area contributed by atoms with Crippen LogP contribution in [0.3, 0.4) is 0 Å². The lowest BCUT2D eigenvalue weighted by Crippen LogP contribution is -2.21. The Labute approximate surface area is 190 Å². The topological polar surface area (TPSA) is 6.48 Å². The van der Waals surface area contributed by atoms with Crippen LogP contribution in [0.4, 0.5) is 22.7 Å². The zero-order valence-electron chi connectivity index (χ0n) is 18.7. The maximum absolute atomic E-state index is 2.39. The second-order valence-electron chi connectivity index (χ2n) is 8.06. The van der Waals surface area contributed by atoms with Gasteiger partial charge in [-0.25, -0.2) is 0 Å². The van der Waals surface area contributed by atoms with Gasteiger partial charge in [0.15, 0.2) is 0 Å². The second-order valence-corrected chi connectivity index (χ2v) is 8.06. The van der Waals surface area contributed by atoms with Crippen LogP contribution < -0.4 is 9.80 Å². The molecule has 0 fully saturated rings. The minimum Gasteiger partial charge on any atom is -0.372 e. The first-order valence-electron chi connectivity index (χ1n) is 11.4. The molecule has 5 aromatic carbocycles. The maximum atomic E-state index is 2.39. The number of benzene rings is 5. The summed E-state index contributed by atoms with van der Waals surface area (Å²) in [6.45, 7) is 6.46. The lowest BCUT2D eigenvalue weighted by Gasteiger charge is -2.26. The quantitative estimate of drug-likeness (QED) is 0.257. The van der Waals surface area contributed by atoms with Crippen LogP contribution in [-0.2, 0) is 0 Å². The predicted octanol–water partition coefficient (Wildman–Crippen LogP) is 8.31.